The van der Waals surface area contributed by atoms with E-state index in [0.29, 0.717) is 4.88 Å². The topological polar surface area (TPSA) is 105 Å². The lowest BCUT2D eigenvalue weighted by molar-refractivity contribution is 0.0569. The number of amides is 1. The Bertz CT molecular complexity index is 791. The van der Waals surface area contributed by atoms with Gasteiger partial charge in [-0.2, -0.15) is 13.1 Å². The number of thiophene rings is 1. The van der Waals surface area contributed by atoms with Crippen molar-refractivity contribution in [1.29, 1.82) is 0 Å². The molecule has 0 bridgehead atoms. The third-order valence-corrected chi connectivity index (χ3v) is 5.06. The number of hydrogen-bond acceptors (Lipinski definition) is 6. The smallest absolute Gasteiger partial charge is 0.422 e. The summed E-state index contributed by atoms with van der Waals surface area (Å²) in [5.41, 5.74) is -0.809. The van der Waals surface area contributed by atoms with Crippen LogP contribution in [-0.4, -0.2) is 31.8 Å². The first-order chi connectivity index (χ1) is 11.1. The van der Waals surface area contributed by atoms with Gasteiger partial charge in [0.15, 0.2) is 0 Å². The Kier molecular flexibility index (Phi) is 5.49. The Labute approximate surface area is 144 Å². The maximum atomic E-state index is 11.8. The summed E-state index contributed by atoms with van der Waals surface area (Å²) in [4.78, 5) is 12.1. The van der Waals surface area contributed by atoms with Gasteiger partial charge in [0.2, 0.25) is 0 Å². The van der Waals surface area contributed by atoms with Gasteiger partial charge in [-0.1, -0.05) is 18.2 Å². The summed E-state index contributed by atoms with van der Waals surface area (Å²) in [6.07, 6.45) is -2.09. The molecule has 0 fully saturated rings. The molecule has 2 aromatic rings. The second-order valence-corrected chi connectivity index (χ2v) is 8.77. The highest BCUT2D eigenvalue weighted by Crippen LogP contribution is 2.29. The minimum atomic E-state index is -4.12. The van der Waals surface area contributed by atoms with E-state index < -0.39 is 28.0 Å². The van der Waals surface area contributed by atoms with Gasteiger partial charge in [-0.15, -0.1) is 11.3 Å². The normalized spacial score (nSPS) is 13.7. The van der Waals surface area contributed by atoms with E-state index in [1.54, 1.807) is 31.6 Å². The molecule has 1 amide bonds. The number of ether oxygens (including phenoxy) is 1. The molecule has 7 nitrogen and oxygen atoms in total. The number of carbonyl (C=O) groups excluding carboxylic acids is 1. The molecule has 9 heteroatoms. The molecule has 1 aromatic carbocycles. The van der Waals surface area contributed by atoms with Gasteiger partial charge >= 0.3 is 16.3 Å². The van der Waals surface area contributed by atoms with Crippen molar-refractivity contribution in [2.24, 2.45) is 0 Å². The highest BCUT2D eigenvalue weighted by Gasteiger charge is 2.22. The van der Waals surface area contributed by atoms with Crippen LogP contribution in [0.3, 0.4) is 0 Å². The second-order valence-electron chi connectivity index (χ2n) is 6.16. The Balaban J connectivity index is 1.94. The van der Waals surface area contributed by atoms with Gasteiger partial charge in [0.25, 0.3) is 0 Å². The van der Waals surface area contributed by atoms with Crippen LogP contribution in [0.15, 0.2) is 30.3 Å². The highest BCUT2D eigenvalue weighted by atomic mass is 32.2. The molecule has 1 aromatic heterocycles. The lowest BCUT2D eigenvalue weighted by Gasteiger charge is -2.19. The zero-order valence-electron chi connectivity index (χ0n) is 13.6. The van der Waals surface area contributed by atoms with Gasteiger partial charge < -0.3 is 9.84 Å². The van der Waals surface area contributed by atoms with Gasteiger partial charge in [0.1, 0.15) is 11.7 Å². The van der Waals surface area contributed by atoms with Crippen LogP contribution in [0.25, 0.3) is 10.1 Å². The van der Waals surface area contributed by atoms with Crippen LogP contribution in [0.1, 0.15) is 31.8 Å². The Morgan fingerprint density at radius 1 is 1.33 bits per heavy atom. The summed E-state index contributed by atoms with van der Waals surface area (Å²) in [5, 5.41) is 11.1. The number of nitrogens with one attached hydrogen (secondary N) is 2. The molecule has 1 heterocycles. The fraction of sp³-hybridized carbons (Fsp3) is 0.400. The first-order valence-electron chi connectivity index (χ1n) is 7.23. The van der Waals surface area contributed by atoms with Gasteiger partial charge in [0.05, 0.1) is 0 Å². The Hall–Kier alpha value is -1.68. The lowest BCUT2D eigenvalue weighted by Crippen LogP contribution is -2.43. The minimum absolute atomic E-state index is 0.259. The maximum Gasteiger partial charge on any atom is 0.422 e. The van der Waals surface area contributed by atoms with E-state index >= 15 is 0 Å². The average Bonchev–Trinajstić information content (AvgIpc) is 2.86. The number of aliphatic hydroxyl groups is 1. The summed E-state index contributed by atoms with van der Waals surface area (Å²) >= 11 is 1.38. The van der Waals surface area contributed by atoms with E-state index in [9.17, 15) is 18.3 Å². The number of fused-ring (bicyclic) bond motifs is 1. The van der Waals surface area contributed by atoms with Crippen molar-refractivity contribution in [1.82, 2.24) is 9.44 Å². The monoisotopic (exact) mass is 372 g/mol. The van der Waals surface area contributed by atoms with Crippen molar-refractivity contribution in [3.8, 4) is 0 Å². The molecule has 0 saturated heterocycles. The summed E-state index contributed by atoms with van der Waals surface area (Å²) in [5.74, 6) is 0. The van der Waals surface area contributed by atoms with E-state index in [4.69, 9.17) is 4.74 Å². The molecule has 1 atom stereocenters. The fourth-order valence-electron chi connectivity index (χ4n) is 1.90. The standard InChI is InChI=1S/C15H20N2O5S2/c1-15(2,3)22-14(19)17-24(20,21)16-9-11(18)13-8-10-6-4-5-7-12(10)23-13/h4-8,11,16,18H,9H2,1-3H3,(H,17,19). The molecule has 3 N–H and O–H groups in total. The third-order valence-electron chi connectivity index (χ3n) is 2.86. The van der Waals surface area contributed by atoms with Crippen molar-refractivity contribution in [3.05, 3.63) is 35.2 Å². The molecule has 132 valence electrons. The molecule has 24 heavy (non-hydrogen) atoms. The van der Waals surface area contributed by atoms with Gasteiger partial charge in [0, 0.05) is 16.1 Å². The van der Waals surface area contributed by atoms with Crippen LogP contribution in [0.5, 0.6) is 0 Å². The van der Waals surface area contributed by atoms with Crippen molar-refractivity contribution < 1.29 is 23.1 Å². The Morgan fingerprint density at radius 3 is 2.62 bits per heavy atom. The van der Waals surface area contributed by atoms with Gasteiger partial charge in [-0.05, 0) is 38.3 Å². The summed E-state index contributed by atoms with van der Waals surface area (Å²) in [6, 6.07) is 9.42. The lowest BCUT2D eigenvalue weighted by atomic mass is 10.2. The van der Waals surface area contributed by atoms with Gasteiger partial charge in [-0.25, -0.2) is 9.52 Å². The van der Waals surface area contributed by atoms with Crippen molar-refractivity contribution >= 4 is 37.7 Å². The van der Waals surface area contributed by atoms with E-state index in [1.165, 1.54) is 11.3 Å². The molecular weight excluding hydrogens is 352 g/mol. The second kappa shape index (κ2) is 7.06. The number of rotatable bonds is 5. The molecule has 1 unspecified atom stereocenters. The molecule has 0 spiro atoms. The van der Waals surface area contributed by atoms with Crippen LogP contribution >= 0.6 is 11.3 Å². The van der Waals surface area contributed by atoms with E-state index in [-0.39, 0.29) is 6.54 Å². The fourth-order valence-corrected chi connectivity index (χ4v) is 3.66. The Morgan fingerprint density at radius 2 is 2.00 bits per heavy atom. The molecule has 0 aliphatic heterocycles. The number of aliphatic hydroxyl groups excluding tert-OH is 1. The predicted octanol–water partition coefficient (Wildman–Crippen LogP) is 2.29. The number of benzene rings is 1. The predicted molar refractivity (Wildman–Crippen MR) is 93.1 cm³/mol. The highest BCUT2D eigenvalue weighted by molar-refractivity contribution is 7.88. The zero-order chi connectivity index (χ0) is 18.0. The van der Waals surface area contributed by atoms with E-state index in [0.717, 1.165) is 10.1 Å². The van der Waals surface area contributed by atoms with Crippen molar-refractivity contribution in [2.45, 2.75) is 32.5 Å². The molecule has 0 aliphatic carbocycles. The van der Waals surface area contributed by atoms with Crippen LogP contribution < -0.4 is 9.44 Å². The van der Waals surface area contributed by atoms with Gasteiger partial charge in [-0.3, -0.25) is 0 Å². The maximum absolute atomic E-state index is 11.8. The molecule has 0 saturated carbocycles. The van der Waals surface area contributed by atoms with E-state index in [2.05, 4.69) is 4.72 Å². The summed E-state index contributed by atoms with van der Waals surface area (Å²) < 4.78 is 33.4. The SMILES string of the molecule is CC(C)(C)OC(=O)NS(=O)(=O)NCC(O)c1cc2ccccc2s1. The third kappa shape index (κ3) is 5.45. The van der Waals surface area contributed by atoms with Crippen molar-refractivity contribution in [2.75, 3.05) is 6.54 Å². The minimum Gasteiger partial charge on any atom is -0.443 e. The quantitative estimate of drug-likeness (QED) is 0.747. The summed E-state index contributed by atoms with van der Waals surface area (Å²) in [6.45, 7) is 4.61. The van der Waals surface area contributed by atoms with Crippen LogP contribution in [0.2, 0.25) is 0 Å². The van der Waals surface area contributed by atoms with E-state index in [1.807, 2.05) is 24.3 Å². The summed E-state index contributed by atoms with van der Waals surface area (Å²) in [7, 11) is -4.12. The number of hydrogen-bond donors (Lipinski definition) is 3. The van der Waals surface area contributed by atoms with Crippen LogP contribution in [0.4, 0.5) is 4.79 Å². The first-order valence-corrected chi connectivity index (χ1v) is 9.53. The van der Waals surface area contributed by atoms with Crippen LogP contribution in [-0.2, 0) is 14.9 Å². The van der Waals surface area contributed by atoms with Crippen molar-refractivity contribution in [3.63, 3.8) is 0 Å². The molecule has 0 radical (unpaired) electrons. The first kappa shape index (κ1) is 18.7. The number of carbonyl (C=O) groups is 1. The molecule has 0 aliphatic rings. The molecular formula is C15H20N2O5S2. The molecule has 2 rings (SSSR count). The average molecular weight is 372 g/mol. The zero-order valence-corrected chi connectivity index (χ0v) is 15.2. The van der Waals surface area contributed by atoms with Crippen LogP contribution in [0, 0.1) is 0 Å². The largest absolute Gasteiger partial charge is 0.443 e.